The zero-order valence-corrected chi connectivity index (χ0v) is 11.9. The second-order valence-electron chi connectivity index (χ2n) is 5.47. The van der Waals surface area contributed by atoms with Gasteiger partial charge in [0.25, 0.3) is 0 Å². The molecule has 104 valence electrons. The molecule has 0 aliphatic heterocycles. The molecule has 0 radical (unpaired) electrons. The fourth-order valence-electron chi connectivity index (χ4n) is 2.51. The highest BCUT2D eigenvalue weighted by molar-refractivity contribution is 5.78. The highest BCUT2D eigenvalue weighted by Gasteiger charge is 2.19. The minimum absolute atomic E-state index is 0.115. The molecule has 0 aromatic heterocycles. The first-order valence-electron chi connectivity index (χ1n) is 7.28. The van der Waals surface area contributed by atoms with E-state index < -0.39 is 0 Å². The molecule has 1 aliphatic rings. The van der Waals surface area contributed by atoms with Crippen LogP contribution < -0.4 is 10.6 Å². The molecule has 1 amide bonds. The highest BCUT2D eigenvalue weighted by atomic mass is 16.1. The Kier molecular flexibility index (Phi) is 4.97. The van der Waals surface area contributed by atoms with Crippen molar-refractivity contribution in [3.8, 4) is 0 Å². The molecule has 0 fully saturated rings. The Morgan fingerprint density at radius 2 is 2.11 bits per heavy atom. The van der Waals surface area contributed by atoms with Crippen LogP contribution in [0.1, 0.15) is 37.8 Å². The van der Waals surface area contributed by atoms with Crippen LogP contribution in [0.5, 0.6) is 0 Å². The van der Waals surface area contributed by atoms with E-state index in [1.807, 2.05) is 0 Å². The summed E-state index contributed by atoms with van der Waals surface area (Å²) in [5, 5.41) is 6.37. The van der Waals surface area contributed by atoms with E-state index >= 15 is 0 Å². The average Bonchev–Trinajstić information content (AvgIpc) is 2.44. The lowest BCUT2D eigenvalue weighted by atomic mass is 9.88. The fraction of sp³-hybridized carbons (Fsp3) is 0.562. The number of benzene rings is 1. The van der Waals surface area contributed by atoms with Gasteiger partial charge in [0.2, 0.25) is 5.91 Å². The number of carbonyl (C=O) groups is 1. The van der Waals surface area contributed by atoms with Gasteiger partial charge >= 0.3 is 0 Å². The third-order valence-corrected chi connectivity index (χ3v) is 3.94. The molecule has 19 heavy (non-hydrogen) atoms. The number of hydrogen-bond donors (Lipinski definition) is 2. The van der Waals surface area contributed by atoms with Crippen molar-refractivity contribution in [2.24, 2.45) is 0 Å². The maximum atomic E-state index is 11.9. The number of carbonyl (C=O) groups excluding carboxylic acids is 1. The third kappa shape index (κ3) is 4.06. The van der Waals surface area contributed by atoms with Gasteiger partial charge in [-0.1, -0.05) is 31.2 Å². The molecule has 0 heterocycles. The van der Waals surface area contributed by atoms with E-state index in [1.54, 1.807) is 0 Å². The topological polar surface area (TPSA) is 41.1 Å². The van der Waals surface area contributed by atoms with Crippen molar-refractivity contribution in [3.63, 3.8) is 0 Å². The second kappa shape index (κ2) is 6.71. The molecule has 0 saturated heterocycles. The minimum atomic E-state index is 0.115. The van der Waals surface area contributed by atoms with Crippen LogP contribution in [-0.2, 0) is 17.6 Å². The van der Waals surface area contributed by atoms with Crippen molar-refractivity contribution in [3.05, 3.63) is 35.4 Å². The van der Waals surface area contributed by atoms with Gasteiger partial charge in [0, 0.05) is 12.1 Å². The molecule has 3 heteroatoms. The Hall–Kier alpha value is -1.35. The van der Waals surface area contributed by atoms with Crippen LogP contribution in [0, 0.1) is 0 Å². The Labute approximate surface area is 115 Å². The summed E-state index contributed by atoms with van der Waals surface area (Å²) < 4.78 is 0. The summed E-state index contributed by atoms with van der Waals surface area (Å²) in [7, 11) is 0. The Bertz CT molecular complexity index is 431. The lowest BCUT2D eigenvalue weighted by Gasteiger charge is -2.25. The van der Waals surface area contributed by atoms with E-state index in [2.05, 4.69) is 48.7 Å². The molecule has 3 nitrogen and oxygen atoms in total. The van der Waals surface area contributed by atoms with Crippen LogP contribution in [0.25, 0.3) is 0 Å². The monoisotopic (exact) mass is 260 g/mol. The molecular formula is C16H24N2O. The summed E-state index contributed by atoms with van der Waals surface area (Å²) in [5.74, 6) is 0.115. The molecule has 0 spiro atoms. The standard InChI is InChI=1S/C16H24N2O/c1-3-12(2)17-11-16(19)18-15-9-8-13-6-4-5-7-14(13)10-15/h4-7,12,15,17H,3,8-11H2,1-2H3,(H,18,19). The van der Waals surface area contributed by atoms with E-state index in [-0.39, 0.29) is 5.91 Å². The Balaban J connectivity index is 1.80. The summed E-state index contributed by atoms with van der Waals surface area (Å²) in [6.07, 6.45) is 4.13. The van der Waals surface area contributed by atoms with Gasteiger partial charge in [-0.3, -0.25) is 4.79 Å². The van der Waals surface area contributed by atoms with Crippen LogP contribution >= 0.6 is 0 Å². The third-order valence-electron chi connectivity index (χ3n) is 3.94. The summed E-state index contributed by atoms with van der Waals surface area (Å²) in [4.78, 5) is 11.9. The molecule has 2 atom stereocenters. The SMILES string of the molecule is CCC(C)NCC(=O)NC1CCc2ccccc2C1. The van der Waals surface area contributed by atoms with Gasteiger partial charge < -0.3 is 10.6 Å². The first-order chi connectivity index (χ1) is 9.19. The number of hydrogen-bond acceptors (Lipinski definition) is 2. The molecule has 0 bridgehead atoms. The quantitative estimate of drug-likeness (QED) is 0.850. The van der Waals surface area contributed by atoms with Crippen LogP contribution in [0.4, 0.5) is 0 Å². The number of rotatable bonds is 5. The van der Waals surface area contributed by atoms with E-state index in [4.69, 9.17) is 0 Å². The fourth-order valence-corrected chi connectivity index (χ4v) is 2.51. The average molecular weight is 260 g/mol. The number of aryl methyl sites for hydroxylation is 1. The van der Waals surface area contributed by atoms with Crippen molar-refractivity contribution in [1.82, 2.24) is 10.6 Å². The zero-order valence-electron chi connectivity index (χ0n) is 11.9. The van der Waals surface area contributed by atoms with E-state index in [1.165, 1.54) is 11.1 Å². The summed E-state index contributed by atoms with van der Waals surface area (Å²) in [6.45, 7) is 4.64. The van der Waals surface area contributed by atoms with Gasteiger partial charge in [-0.25, -0.2) is 0 Å². The molecule has 0 saturated carbocycles. The van der Waals surface area contributed by atoms with Gasteiger partial charge in [0.05, 0.1) is 6.54 Å². The van der Waals surface area contributed by atoms with Gasteiger partial charge in [-0.2, -0.15) is 0 Å². The smallest absolute Gasteiger partial charge is 0.234 e. The number of amides is 1. The maximum absolute atomic E-state index is 11.9. The summed E-state index contributed by atoms with van der Waals surface area (Å²) >= 11 is 0. The molecular weight excluding hydrogens is 236 g/mol. The van der Waals surface area contributed by atoms with Crippen molar-refractivity contribution >= 4 is 5.91 Å². The molecule has 2 unspecified atom stereocenters. The van der Waals surface area contributed by atoms with Crippen molar-refractivity contribution in [2.75, 3.05) is 6.54 Å². The predicted octanol–water partition coefficient (Wildman–Crippen LogP) is 2.05. The van der Waals surface area contributed by atoms with Crippen LogP contribution in [-0.4, -0.2) is 24.5 Å². The molecule has 1 aliphatic carbocycles. The van der Waals surface area contributed by atoms with Crippen LogP contribution in [0.15, 0.2) is 24.3 Å². The van der Waals surface area contributed by atoms with Gasteiger partial charge in [0.1, 0.15) is 0 Å². The normalized spacial score (nSPS) is 19.6. The van der Waals surface area contributed by atoms with E-state index in [0.29, 0.717) is 18.6 Å². The maximum Gasteiger partial charge on any atom is 0.234 e. The second-order valence-corrected chi connectivity index (χ2v) is 5.47. The highest BCUT2D eigenvalue weighted by Crippen LogP contribution is 2.20. The molecule has 2 rings (SSSR count). The summed E-state index contributed by atoms with van der Waals surface area (Å²) in [5.41, 5.74) is 2.82. The van der Waals surface area contributed by atoms with Gasteiger partial charge in [-0.15, -0.1) is 0 Å². The van der Waals surface area contributed by atoms with Gasteiger partial charge in [-0.05, 0) is 43.7 Å². The van der Waals surface area contributed by atoms with Gasteiger partial charge in [0.15, 0.2) is 0 Å². The first-order valence-corrected chi connectivity index (χ1v) is 7.28. The lowest BCUT2D eigenvalue weighted by molar-refractivity contribution is -0.121. The van der Waals surface area contributed by atoms with Crippen molar-refractivity contribution < 1.29 is 4.79 Å². The predicted molar refractivity (Wildman–Crippen MR) is 78.2 cm³/mol. The van der Waals surface area contributed by atoms with E-state index in [0.717, 1.165) is 25.7 Å². The van der Waals surface area contributed by atoms with E-state index in [9.17, 15) is 4.79 Å². The summed E-state index contributed by atoms with van der Waals surface area (Å²) in [6, 6.07) is 9.23. The number of nitrogens with one attached hydrogen (secondary N) is 2. The van der Waals surface area contributed by atoms with Crippen LogP contribution in [0.3, 0.4) is 0 Å². The lowest BCUT2D eigenvalue weighted by Crippen LogP contribution is -2.44. The van der Waals surface area contributed by atoms with Crippen LogP contribution in [0.2, 0.25) is 0 Å². The molecule has 1 aromatic carbocycles. The molecule has 1 aromatic rings. The molecule has 2 N–H and O–H groups in total. The zero-order chi connectivity index (χ0) is 13.7. The largest absolute Gasteiger partial charge is 0.352 e. The number of fused-ring (bicyclic) bond motifs is 1. The van der Waals surface area contributed by atoms with Crippen molar-refractivity contribution in [1.29, 1.82) is 0 Å². The van der Waals surface area contributed by atoms with Crippen molar-refractivity contribution in [2.45, 2.75) is 51.6 Å². The Morgan fingerprint density at radius 1 is 1.37 bits per heavy atom. The minimum Gasteiger partial charge on any atom is -0.352 e. The first kappa shape index (κ1) is 14.1. The Morgan fingerprint density at radius 3 is 2.84 bits per heavy atom.